The minimum atomic E-state index is 0.209. The molecule has 5 aromatic rings. The van der Waals surface area contributed by atoms with Crippen molar-refractivity contribution in [3.8, 4) is 22.8 Å². The van der Waals surface area contributed by atoms with Gasteiger partial charge in [0.25, 0.3) is 0 Å². The van der Waals surface area contributed by atoms with Crippen molar-refractivity contribution >= 4 is 32.3 Å². The highest BCUT2D eigenvalue weighted by atomic mass is 16.5. The van der Waals surface area contributed by atoms with E-state index in [4.69, 9.17) is 9.72 Å². The molecule has 1 aliphatic heterocycles. The lowest BCUT2D eigenvalue weighted by atomic mass is 9.84. The molecule has 0 bridgehead atoms. The minimum absolute atomic E-state index is 0.209. The Morgan fingerprint density at radius 1 is 0.848 bits per heavy atom. The number of hydrogen-bond acceptors (Lipinski definition) is 2. The maximum atomic E-state index is 6.76. The molecule has 6 rings (SSSR count). The van der Waals surface area contributed by atoms with Gasteiger partial charge in [-0.3, -0.25) is 4.98 Å². The van der Waals surface area contributed by atoms with Crippen molar-refractivity contribution in [1.29, 1.82) is 0 Å². The van der Waals surface area contributed by atoms with Gasteiger partial charge in [0.15, 0.2) is 0 Å². The maximum absolute atomic E-state index is 6.76. The lowest BCUT2D eigenvalue weighted by Crippen LogP contribution is -2.10. The fourth-order valence-corrected chi connectivity index (χ4v) is 5.53. The molecule has 0 spiro atoms. The monoisotopic (exact) mass is 431 g/mol. The van der Waals surface area contributed by atoms with Gasteiger partial charge in [-0.25, -0.2) is 0 Å². The van der Waals surface area contributed by atoms with Crippen LogP contribution in [0, 0.1) is 5.41 Å². The van der Waals surface area contributed by atoms with Crippen LogP contribution >= 0.6 is 0 Å². The zero-order valence-corrected chi connectivity index (χ0v) is 20.0. The Hall–Kier alpha value is -3.39. The van der Waals surface area contributed by atoms with Crippen molar-refractivity contribution in [2.24, 2.45) is 5.41 Å². The van der Waals surface area contributed by atoms with E-state index in [9.17, 15) is 0 Å². The van der Waals surface area contributed by atoms with Crippen LogP contribution in [0.4, 0.5) is 0 Å². The van der Waals surface area contributed by atoms with Crippen LogP contribution in [0.25, 0.3) is 43.6 Å². The summed E-state index contributed by atoms with van der Waals surface area (Å²) < 4.78 is 6.76. The van der Waals surface area contributed by atoms with E-state index >= 15 is 0 Å². The summed E-state index contributed by atoms with van der Waals surface area (Å²) in [7, 11) is 0. The van der Waals surface area contributed by atoms with Gasteiger partial charge in [-0.15, -0.1) is 0 Å². The highest BCUT2D eigenvalue weighted by Gasteiger charge is 2.28. The number of rotatable bonds is 2. The number of pyridine rings is 1. The summed E-state index contributed by atoms with van der Waals surface area (Å²) in [5.74, 6) is 2.21. The quantitative estimate of drug-likeness (QED) is 0.255. The molecule has 0 saturated heterocycles. The van der Waals surface area contributed by atoms with Gasteiger partial charge in [-0.05, 0) is 68.4 Å². The van der Waals surface area contributed by atoms with Crippen LogP contribution in [0.5, 0.6) is 11.5 Å². The summed E-state index contributed by atoms with van der Waals surface area (Å²) in [5, 5.41) is 7.41. The third-order valence-corrected chi connectivity index (χ3v) is 6.74. The number of fused-ring (bicyclic) bond motifs is 5. The summed E-state index contributed by atoms with van der Waals surface area (Å²) in [4.78, 5) is 4.92. The second-order valence-corrected chi connectivity index (χ2v) is 10.9. The molecule has 1 aliphatic rings. The van der Waals surface area contributed by atoms with Crippen LogP contribution < -0.4 is 4.74 Å². The smallest absolute Gasteiger partial charge is 0.140 e. The average Bonchev–Trinajstić information content (AvgIpc) is 2.76. The summed E-state index contributed by atoms with van der Waals surface area (Å²) in [5.41, 5.74) is 4.98. The molecule has 0 N–H and O–H groups in total. The average molecular weight is 432 g/mol. The van der Waals surface area contributed by atoms with Crippen LogP contribution in [0.3, 0.4) is 0 Å². The molecule has 0 unspecified atom stereocenters. The number of benzene rings is 4. The molecule has 0 saturated carbocycles. The van der Waals surface area contributed by atoms with Gasteiger partial charge in [-0.1, -0.05) is 77.1 Å². The Kier molecular flexibility index (Phi) is 4.32. The fraction of sp³-hybridized carbons (Fsp3) is 0.258. The standard InChI is InChI=1S/C31H29NO/c1-18(2)26-22-12-7-6-9-19(22)15-24-29-28-23(13-14-32-29)27-20(16-25(28)33-30(24)26)10-8-11-21(27)17-31(3,4)5/h6-16,18H,17H2,1-5H3. The van der Waals surface area contributed by atoms with Gasteiger partial charge in [-0.2, -0.15) is 0 Å². The lowest BCUT2D eigenvalue weighted by Gasteiger charge is -2.27. The largest absolute Gasteiger partial charge is 0.456 e. The van der Waals surface area contributed by atoms with Crippen molar-refractivity contribution in [1.82, 2.24) is 4.98 Å². The summed E-state index contributed by atoms with van der Waals surface area (Å²) in [6.45, 7) is 11.4. The predicted octanol–water partition coefficient (Wildman–Crippen LogP) is 9.03. The van der Waals surface area contributed by atoms with Crippen molar-refractivity contribution < 1.29 is 4.74 Å². The van der Waals surface area contributed by atoms with Gasteiger partial charge in [0.05, 0.1) is 11.1 Å². The molecule has 0 aliphatic carbocycles. The fourth-order valence-electron chi connectivity index (χ4n) is 5.53. The molecule has 0 radical (unpaired) electrons. The molecule has 0 atom stereocenters. The molecule has 1 aromatic heterocycles. The summed E-state index contributed by atoms with van der Waals surface area (Å²) >= 11 is 0. The SMILES string of the molecule is CC(C)c1c2c(cc3ccccc13)-c1nccc3c1c(cc1cccc(CC(C)(C)C)c13)O2. The zero-order valence-electron chi connectivity index (χ0n) is 20.0. The molecule has 2 heteroatoms. The van der Waals surface area contributed by atoms with Gasteiger partial charge in [0.2, 0.25) is 0 Å². The van der Waals surface area contributed by atoms with Gasteiger partial charge in [0, 0.05) is 17.3 Å². The molecule has 4 aromatic carbocycles. The van der Waals surface area contributed by atoms with Crippen LogP contribution in [0.2, 0.25) is 0 Å². The molecule has 0 fully saturated rings. The Bertz CT molecular complexity index is 1570. The zero-order chi connectivity index (χ0) is 22.9. The van der Waals surface area contributed by atoms with Crippen molar-refractivity contribution in [2.75, 3.05) is 0 Å². The van der Waals surface area contributed by atoms with Crippen molar-refractivity contribution in [3.63, 3.8) is 0 Å². The first-order valence-electron chi connectivity index (χ1n) is 11.9. The third kappa shape index (κ3) is 3.12. The van der Waals surface area contributed by atoms with Crippen molar-refractivity contribution in [3.05, 3.63) is 78.0 Å². The molecule has 2 heterocycles. The van der Waals surface area contributed by atoms with E-state index in [-0.39, 0.29) is 5.41 Å². The predicted molar refractivity (Wildman–Crippen MR) is 140 cm³/mol. The minimum Gasteiger partial charge on any atom is -0.456 e. The summed E-state index contributed by atoms with van der Waals surface area (Å²) in [6.07, 6.45) is 2.99. The number of nitrogens with zero attached hydrogens (tertiary/aromatic N) is 1. The lowest BCUT2D eigenvalue weighted by molar-refractivity contribution is 0.413. The van der Waals surface area contributed by atoms with Crippen molar-refractivity contribution in [2.45, 2.75) is 47.0 Å². The molecular formula is C31H29NO. The van der Waals surface area contributed by atoms with Gasteiger partial charge < -0.3 is 4.74 Å². The molecule has 33 heavy (non-hydrogen) atoms. The molecule has 164 valence electrons. The van der Waals surface area contributed by atoms with E-state index in [1.807, 2.05) is 6.20 Å². The van der Waals surface area contributed by atoms with E-state index in [0.29, 0.717) is 5.92 Å². The summed E-state index contributed by atoms with van der Waals surface area (Å²) in [6, 6.07) is 21.9. The maximum Gasteiger partial charge on any atom is 0.140 e. The van der Waals surface area contributed by atoms with E-state index < -0.39 is 0 Å². The van der Waals surface area contributed by atoms with Crippen LogP contribution in [0.1, 0.15) is 51.7 Å². The number of hydrogen-bond donors (Lipinski definition) is 0. The van der Waals surface area contributed by atoms with E-state index in [2.05, 4.69) is 95.3 Å². The first-order chi connectivity index (χ1) is 15.8. The number of ether oxygens (including phenoxy) is 1. The van der Waals surface area contributed by atoms with E-state index in [1.54, 1.807) is 0 Å². The molecular weight excluding hydrogens is 402 g/mol. The van der Waals surface area contributed by atoms with E-state index in [0.717, 1.165) is 34.6 Å². The Balaban J connectivity index is 1.73. The second-order valence-electron chi connectivity index (χ2n) is 10.9. The third-order valence-electron chi connectivity index (χ3n) is 6.74. The molecule has 0 amide bonds. The second kappa shape index (κ2) is 7.05. The molecule has 2 nitrogen and oxygen atoms in total. The van der Waals surface area contributed by atoms with Crippen LogP contribution in [-0.2, 0) is 6.42 Å². The first kappa shape index (κ1) is 20.2. The highest BCUT2D eigenvalue weighted by Crippen LogP contribution is 2.52. The Morgan fingerprint density at radius 3 is 2.42 bits per heavy atom. The topological polar surface area (TPSA) is 22.1 Å². The number of aromatic nitrogens is 1. The van der Waals surface area contributed by atoms with Crippen LogP contribution in [0.15, 0.2) is 66.9 Å². The Morgan fingerprint density at radius 2 is 1.64 bits per heavy atom. The van der Waals surface area contributed by atoms with Crippen LogP contribution in [-0.4, -0.2) is 4.98 Å². The van der Waals surface area contributed by atoms with E-state index in [1.165, 1.54) is 38.1 Å². The van der Waals surface area contributed by atoms with Gasteiger partial charge >= 0.3 is 0 Å². The normalized spacial score (nSPS) is 13.0. The first-order valence-corrected chi connectivity index (χ1v) is 11.9. The highest BCUT2D eigenvalue weighted by molar-refractivity contribution is 6.17. The Labute approximate surface area is 195 Å². The van der Waals surface area contributed by atoms with Gasteiger partial charge in [0.1, 0.15) is 11.5 Å².